The predicted molar refractivity (Wildman–Crippen MR) is 92.9 cm³/mol. The van der Waals surface area contributed by atoms with E-state index in [-0.39, 0.29) is 12.4 Å². The van der Waals surface area contributed by atoms with Gasteiger partial charge in [0.15, 0.2) is 5.60 Å². The van der Waals surface area contributed by atoms with Gasteiger partial charge in [-0.1, -0.05) is 47.1 Å². The molecule has 0 saturated heterocycles. The highest BCUT2D eigenvalue weighted by atomic mass is 35.5. The first-order chi connectivity index (χ1) is 11.5. The zero-order valence-corrected chi connectivity index (χ0v) is 14.4. The van der Waals surface area contributed by atoms with E-state index in [0.29, 0.717) is 23.6 Å². The van der Waals surface area contributed by atoms with Crippen LogP contribution in [0.2, 0.25) is 5.02 Å². The normalized spacial score (nSPS) is 19.9. The SMILES string of the molecule is Cc1ccccc1C1=NOC(C)(COCc2c(F)cccc2Cl)C1. The summed E-state index contributed by atoms with van der Waals surface area (Å²) in [5.74, 6) is -0.364. The van der Waals surface area contributed by atoms with Crippen LogP contribution in [-0.4, -0.2) is 17.9 Å². The topological polar surface area (TPSA) is 30.8 Å². The number of halogens is 2. The molecule has 1 atom stereocenters. The van der Waals surface area contributed by atoms with Crippen LogP contribution in [0, 0.1) is 12.7 Å². The second-order valence-corrected chi connectivity index (χ2v) is 6.67. The van der Waals surface area contributed by atoms with Gasteiger partial charge in [-0.2, -0.15) is 0 Å². The van der Waals surface area contributed by atoms with Crippen LogP contribution in [0.3, 0.4) is 0 Å². The van der Waals surface area contributed by atoms with Crippen LogP contribution >= 0.6 is 11.6 Å². The molecule has 2 aromatic rings. The molecule has 2 aromatic carbocycles. The number of oxime groups is 1. The first-order valence-corrected chi connectivity index (χ1v) is 8.18. The maximum absolute atomic E-state index is 13.8. The predicted octanol–water partition coefficient (Wildman–Crippen LogP) is 4.89. The van der Waals surface area contributed by atoms with E-state index in [9.17, 15) is 4.39 Å². The van der Waals surface area contributed by atoms with E-state index in [0.717, 1.165) is 16.8 Å². The smallest absolute Gasteiger partial charge is 0.163 e. The molecule has 0 N–H and O–H groups in total. The van der Waals surface area contributed by atoms with Crippen LogP contribution in [-0.2, 0) is 16.2 Å². The van der Waals surface area contributed by atoms with E-state index >= 15 is 0 Å². The Kier molecular flexibility index (Phi) is 4.88. The molecule has 3 rings (SSSR count). The van der Waals surface area contributed by atoms with Gasteiger partial charge in [-0.05, 0) is 31.5 Å². The minimum atomic E-state index is -0.560. The fraction of sp³-hybridized carbons (Fsp3) is 0.316. The van der Waals surface area contributed by atoms with Gasteiger partial charge in [0.25, 0.3) is 0 Å². The molecule has 126 valence electrons. The Morgan fingerprint density at radius 2 is 2.04 bits per heavy atom. The van der Waals surface area contributed by atoms with Crippen LogP contribution in [0.4, 0.5) is 4.39 Å². The van der Waals surface area contributed by atoms with E-state index < -0.39 is 5.60 Å². The summed E-state index contributed by atoms with van der Waals surface area (Å²) < 4.78 is 19.4. The lowest BCUT2D eigenvalue weighted by molar-refractivity contribution is -0.0713. The molecule has 0 aliphatic carbocycles. The van der Waals surface area contributed by atoms with Gasteiger partial charge in [0.1, 0.15) is 5.82 Å². The van der Waals surface area contributed by atoms with Crippen molar-refractivity contribution < 1.29 is 14.0 Å². The van der Waals surface area contributed by atoms with E-state index in [4.69, 9.17) is 21.2 Å². The Balaban J connectivity index is 1.60. The fourth-order valence-corrected chi connectivity index (χ4v) is 2.96. The third-order valence-electron chi connectivity index (χ3n) is 4.09. The highest BCUT2D eigenvalue weighted by molar-refractivity contribution is 6.31. The zero-order valence-electron chi connectivity index (χ0n) is 13.7. The van der Waals surface area contributed by atoms with Gasteiger partial charge in [-0.15, -0.1) is 0 Å². The first-order valence-electron chi connectivity index (χ1n) is 7.80. The molecular weight excluding hydrogens is 329 g/mol. The second-order valence-electron chi connectivity index (χ2n) is 6.26. The van der Waals surface area contributed by atoms with E-state index in [2.05, 4.69) is 5.16 Å². The van der Waals surface area contributed by atoms with Crippen LogP contribution in [0.15, 0.2) is 47.6 Å². The number of aryl methyl sites for hydroxylation is 1. The largest absolute Gasteiger partial charge is 0.386 e. The average Bonchev–Trinajstić information content (AvgIpc) is 2.93. The third-order valence-corrected chi connectivity index (χ3v) is 4.44. The summed E-state index contributed by atoms with van der Waals surface area (Å²) >= 11 is 6.01. The summed E-state index contributed by atoms with van der Waals surface area (Å²) in [7, 11) is 0. The number of rotatable bonds is 5. The highest BCUT2D eigenvalue weighted by Gasteiger charge is 2.35. The fourth-order valence-electron chi connectivity index (χ4n) is 2.74. The van der Waals surface area contributed by atoms with E-state index in [1.54, 1.807) is 12.1 Å². The third kappa shape index (κ3) is 3.60. The summed E-state index contributed by atoms with van der Waals surface area (Å²) in [4.78, 5) is 5.60. The Bertz CT molecular complexity index is 757. The zero-order chi connectivity index (χ0) is 17.2. The molecule has 0 amide bonds. The standard InChI is InChI=1S/C19H19ClFNO2/c1-13-6-3-4-7-14(13)18-10-19(2,24-22-18)12-23-11-15-16(20)8-5-9-17(15)21/h3-9H,10-12H2,1-2H3. The molecule has 1 aliphatic rings. The van der Waals surface area contributed by atoms with Crippen LogP contribution in [0.5, 0.6) is 0 Å². The lowest BCUT2D eigenvalue weighted by Gasteiger charge is -2.21. The number of nitrogens with zero attached hydrogens (tertiary/aromatic N) is 1. The Morgan fingerprint density at radius 1 is 1.25 bits per heavy atom. The minimum absolute atomic E-state index is 0.101. The number of hydrogen-bond donors (Lipinski definition) is 0. The summed E-state index contributed by atoms with van der Waals surface area (Å²) in [6, 6.07) is 12.7. The Morgan fingerprint density at radius 3 is 2.79 bits per heavy atom. The van der Waals surface area contributed by atoms with Crippen molar-refractivity contribution in [2.75, 3.05) is 6.61 Å². The second kappa shape index (κ2) is 6.91. The van der Waals surface area contributed by atoms with Gasteiger partial charge >= 0.3 is 0 Å². The molecule has 1 heterocycles. The van der Waals surface area contributed by atoms with Crippen molar-refractivity contribution in [2.45, 2.75) is 32.5 Å². The molecule has 0 saturated carbocycles. The number of benzene rings is 2. The molecule has 0 spiro atoms. The van der Waals surface area contributed by atoms with Crippen molar-refractivity contribution in [3.63, 3.8) is 0 Å². The van der Waals surface area contributed by atoms with Gasteiger partial charge in [-0.25, -0.2) is 4.39 Å². The van der Waals surface area contributed by atoms with Gasteiger partial charge < -0.3 is 9.57 Å². The van der Waals surface area contributed by atoms with Crippen LogP contribution in [0.25, 0.3) is 0 Å². The summed E-state index contributed by atoms with van der Waals surface area (Å²) in [6.45, 7) is 4.38. The van der Waals surface area contributed by atoms with E-state index in [1.807, 2.05) is 38.1 Å². The summed E-state index contributed by atoms with van der Waals surface area (Å²) in [6.07, 6.45) is 0.642. The average molecular weight is 348 g/mol. The van der Waals surface area contributed by atoms with Gasteiger partial charge in [0.05, 0.1) is 18.9 Å². The Hall–Kier alpha value is -1.91. The molecule has 24 heavy (non-hydrogen) atoms. The van der Waals surface area contributed by atoms with Crippen molar-refractivity contribution in [1.82, 2.24) is 0 Å². The molecule has 5 heteroatoms. The van der Waals surface area contributed by atoms with Crippen LogP contribution < -0.4 is 0 Å². The Labute approximate surface area is 146 Å². The lowest BCUT2D eigenvalue weighted by atomic mass is 9.94. The maximum atomic E-state index is 13.8. The van der Waals surface area contributed by atoms with Gasteiger partial charge in [-0.3, -0.25) is 0 Å². The lowest BCUT2D eigenvalue weighted by Crippen LogP contribution is -2.31. The van der Waals surface area contributed by atoms with Crippen molar-refractivity contribution in [3.05, 3.63) is 70.0 Å². The first kappa shape index (κ1) is 16.9. The van der Waals surface area contributed by atoms with Crippen molar-refractivity contribution in [2.24, 2.45) is 5.16 Å². The molecule has 1 unspecified atom stereocenters. The van der Waals surface area contributed by atoms with Crippen molar-refractivity contribution in [3.8, 4) is 0 Å². The monoisotopic (exact) mass is 347 g/mol. The summed E-state index contributed by atoms with van der Waals surface area (Å²) in [5, 5.41) is 4.58. The van der Waals surface area contributed by atoms with Gasteiger partial charge in [0.2, 0.25) is 0 Å². The molecule has 0 fully saturated rings. The molecule has 3 nitrogen and oxygen atoms in total. The molecule has 1 aliphatic heterocycles. The molecule has 0 aromatic heterocycles. The maximum Gasteiger partial charge on any atom is 0.163 e. The van der Waals surface area contributed by atoms with Crippen LogP contribution in [0.1, 0.15) is 30.0 Å². The quantitative estimate of drug-likeness (QED) is 0.771. The minimum Gasteiger partial charge on any atom is -0.386 e. The van der Waals surface area contributed by atoms with Crippen molar-refractivity contribution in [1.29, 1.82) is 0 Å². The molecule has 0 bridgehead atoms. The molecule has 0 radical (unpaired) electrons. The number of hydrogen-bond acceptors (Lipinski definition) is 3. The highest BCUT2D eigenvalue weighted by Crippen LogP contribution is 2.29. The summed E-state index contributed by atoms with van der Waals surface area (Å²) in [5.41, 5.74) is 2.94. The number of ether oxygens (including phenoxy) is 1. The van der Waals surface area contributed by atoms with E-state index in [1.165, 1.54) is 6.07 Å². The van der Waals surface area contributed by atoms with Crippen molar-refractivity contribution >= 4 is 17.3 Å². The van der Waals surface area contributed by atoms with Gasteiger partial charge in [0, 0.05) is 22.6 Å². The molecular formula is C19H19ClFNO2.